The topological polar surface area (TPSA) is 70.8 Å². The van der Waals surface area contributed by atoms with Gasteiger partial charge in [0, 0.05) is 11.3 Å². The summed E-state index contributed by atoms with van der Waals surface area (Å²) in [6.45, 7) is 7.63. The van der Waals surface area contributed by atoms with Gasteiger partial charge < -0.3 is 19.9 Å². The van der Waals surface area contributed by atoms with Crippen molar-refractivity contribution in [3.8, 4) is 17.2 Å². The van der Waals surface area contributed by atoms with Crippen molar-refractivity contribution in [1.82, 2.24) is 0 Å². The van der Waals surface area contributed by atoms with Gasteiger partial charge in [0.1, 0.15) is 0 Å². The maximum absolute atomic E-state index is 13.1. The van der Waals surface area contributed by atoms with Crippen LogP contribution in [-0.4, -0.2) is 25.6 Å². The molecule has 0 spiro atoms. The fourth-order valence-electron chi connectivity index (χ4n) is 2.59. The van der Waals surface area contributed by atoms with E-state index >= 15 is 0 Å². The van der Waals surface area contributed by atoms with Gasteiger partial charge in [0.25, 0.3) is 0 Å². The molecule has 0 aliphatic rings. The highest BCUT2D eigenvalue weighted by atomic mass is 16.5. The first kappa shape index (κ1) is 20.6. The normalized spacial score (nSPS) is 10.5. The van der Waals surface area contributed by atoms with Crippen LogP contribution in [0, 0.1) is 0 Å². The van der Waals surface area contributed by atoms with Crippen LogP contribution in [0.15, 0.2) is 36.4 Å². The molecule has 2 aromatic rings. The van der Waals surface area contributed by atoms with E-state index in [1.54, 1.807) is 36.4 Å². The molecule has 2 aromatic carbocycles. The highest BCUT2D eigenvalue weighted by Crippen LogP contribution is 2.42. The zero-order chi connectivity index (χ0) is 19.6. The van der Waals surface area contributed by atoms with Crippen molar-refractivity contribution in [3.63, 3.8) is 0 Å². The molecule has 0 bridgehead atoms. The first-order valence-electron chi connectivity index (χ1n) is 9.58. The fourth-order valence-corrected chi connectivity index (χ4v) is 2.59. The summed E-state index contributed by atoms with van der Waals surface area (Å²) in [6.07, 6.45) is 2.53. The summed E-state index contributed by atoms with van der Waals surface area (Å²) in [6, 6.07) is 10.5. The van der Waals surface area contributed by atoms with Crippen molar-refractivity contribution in [2.45, 2.75) is 40.0 Å². The highest BCUT2D eigenvalue weighted by Gasteiger charge is 2.24. The van der Waals surface area contributed by atoms with Crippen molar-refractivity contribution in [2.75, 3.05) is 25.6 Å². The molecule has 2 N–H and O–H groups in total. The third kappa shape index (κ3) is 5.16. The summed E-state index contributed by atoms with van der Waals surface area (Å²) in [5.41, 5.74) is 7.32. The van der Waals surface area contributed by atoms with E-state index in [1.165, 1.54) is 0 Å². The molecule has 27 heavy (non-hydrogen) atoms. The van der Waals surface area contributed by atoms with Gasteiger partial charge in [0.15, 0.2) is 17.3 Å². The molecule has 146 valence electrons. The lowest BCUT2D eigenvalue weighted by Crippen LogP contribution is -2.11. The monoisotopic (exact) mass is 371 g/mol. The molecule has 0 fully saturated rings. The Morgan fingerprint density at radius 1 is 0.778 bits per heavy atom. The van der Waals surface area contributed by atoms with Gasteiger partial charge in [0.2, 0.25) is 5.75 Å². The van der Waals surface area contributed by atoms with Crippen LogP contribution in [0.4, 0.5) is 5.69 Å². The summed E-state index contributed by atoms with van der Waals surface area (Å²) in [4.78, 5) is 13.1. The van der Waals surface area contributed by atoms with Gasteiger partial charge in [-0.3, -0.25) is 4.79 Å². The van der Waals surface area contributed by atoms with Gasteiger partial charge >= 0.3 is 0 Å². The second-order valence-corrected chi connectivity index (χ2v) is 6.23. The Morgan fingerprint density at radius 3 is 2.00 bits per heavy atom. The molecule has 0 saturated heterocycles. The van der Waals surface area contributed by atoms with E-state index in [0.717, 1.165) is 19.3 Å². The number of carbonyl (C=O) groups excluding carboxylic acids is 1. The molecule has 0 amide bonds. The molecule has 0 unspecified atom stereocenters. The van der Waals surface area contributed by atoms with Gasteiger partial charge in [-0.15, -0.1) is 0 Å². The number of ether oxygens (including phenoxy) is 3. The Balaban J connectivity index is 2.54. The Labute approximate surface area is 161 Å². The molecule has 0 aliphatic carbocycles. The molecule has 0 radical (unpaired) electrons. The van der Waals surface area contributed by atoms with Crippen LogP contribution < -0.4 is 19.9 Å². The van der Waals surface area contributed by atoms with Crippen molar-refractivity contribution < 1.29 is 19.0 Å². The Kier molecular flexibility index (Phi) is 7.99. The highest BCUT2D eigenvalue weighted by molar-refractivity contribution is 6.14. The van der Waals surface area contributed by atoms with Crippen molar-refractivity contribution >= 4 is 11.5 Å². The number of anilines is 1. The lowest BCUT2D eigenvalue weighted by molar-refractivity contribution is 0.103. The summed E-state index contributed by atoms with van der Waals surface area (Å²) in [7, 11) is 0. The van der Waals surface area contributed by atoms with E-state index in [2.05, 4.69) is 0 Å². The number of carbonyl (C=O) groups is 1. The molecule has 5 nitrogen and oxygen atoms in total. The first-order valence-corrected chi connectivity index (χ1v) is 9.58. The number of ketones is 1. The molecule has 5 heteroatoms. The van der Waals surface area contributed by atoms with E-state index in [-0.39, 0.29) is 5.78 Å². The number of nitrogens with two attached hydrogens (primary N) is 1. The predicted octanol–water partition coefficient (Wildman–Crippen LogP) is 4.87. The van der Waals surface area contributed by atoms with Crippen molar-refractivity contribution in [1.29, 1.82) is 0 Å². The van der Waals surface area contributed by atoms with E-state index in [0.29, 0.717) is 53.9 Å². The van der Waals surface area contributed by atoms with Gasteiger partial charge in [-0.1, -0.05) is 32.9 Å². The average Bonchev–Trinajstić information content (AvgIpc) is 2.69. The van der Waals surface area contributed by atoms with E-state index in [9.17, 15) is 4.79 Å². The lowest BCUT2D eigenvalue weighted by Gasteiger charge is -2.19. The second kappa shape index (κ2) is 10.5. The van der Waals surface area contributed by atoms with Gasteiger partial charge in [-0.25, -0.2) is 0 Å². The number of nitrogen functional groups attached to an aromatic ring is 1. The van der Waals surface area contributed by atoms with Crippen LogP contribution in [-0.2, 0) is 0 Å². The van der Waals surface area contributed by atoms with Crippen LogP contribution in [0.25, 0.3) is 0 Å². The standard InChI is InChI=1S/C22H29NO4/c1-4-13-25-19-12-11-17(20(24)16-9-7-8-10-18(16)23)21(26-14-5-2)22(19)27-15-6-3/h7-12H,4-6,13-15,23H2,1-3H3. The van der Waals surface area contributed by atoms with E-state index in [1.807, 2.05) is 20.8 Å². The van der Waals surface area contributed by atoms with Crippen molar-refractivity contribution in [3.05, 3.63) is 47.5 Å². The molecule has 0 heterocycles. The Hall–Kier alpha value is -2.69. The largest absolute Gasteiger partial charge is 0.490 e. The minimum Gasteiger partial charge on any atom is -0.490 e. The number of benzene rings is 2. The van der Waals surface area contributed by atoms with Crippen molar-refractivity contribution in [2.24, 2.45) is 0 Å². The number of para-hydroxylation sites is 1. The maximum atomic E-state index is 13.1. The minimum absolute atomic E-state index is 0.192. The van der Waals surface area contributed by atoms with Crippen LogP contribution in [0.5, 0.6) is 17.2 Å². The third-order valence-electron chi connectivity index (χ3n) is 3.89. The van der Waals surface area contributed by atoms with Crippen LogP contribution in [0.1, 0.15) is 56.0 Å². The zero-order valence-electron chi connectivity index (χ0n) is 16.4. The number of hydrogen-bond donors (Lipinski definition) is 1. The molecule has 0 atom stereocenters. The smallest absolute Gasteiger partial charge is 0.204 e. The average molecular weight is 371 g/mol. The van der Waals surface area contributed by atoms with Crippen LogP contribution in [0.3, 0.4) is 0 Å². The molecule has 2 rings (SSSR count). The third-order valence-corrected chi connectivity index (χ3v) is 3.89. The van der Waals surface area contributed by atoms with Gasteiger partial charge in [0.05, 0.1) is 25.4 Å². The van der Waals surface area contributed by atoms with Crippen LogP contribution in [0.2, 0.25) is 0 Å². The maximum Gasteiger partial charge on any atom is 0.204 e. The second-order valence-electron chi connectivity index (χ2n) is 6.23. The molecule has 0 aromatic heterocycles. The minimum atomic E-state index is -0.192. The number of hydrogen-bond acceptors (Lipinski definition) is 5. The molecular weight excluding hydrogens is 342 g/mol. The number of rotatable bonds is 11. The summed E-state index contributed by atoms with van der Waals surface area (Å²) >= 11 is 0. The SMILES string of the molecule is CCCOc1ccc(C(=O)c2ccccc2N)c(OCCC)c1OCCC. The molecule has 0 aliphatic heterocycles. The first-order chi connectivity index (χ1) is 13.1. The molecule has 0 saturated carbocycles. The Bertz CT molecular complexity index is 758. The fraction of sp³-hybridized carbons (Fsp3) is 0.409. The summed E-state index contributed by atoms with van der Waals surface area (Å²) < 4.78 is 17.7. The zero-order valence-corrected chi connectivity index (χ0v) is 16.4. The Morgan fingerprint density at radius 2 is 1.37 bits per heavy atom. The predicted molar refractivity (Wildman–Crippen MR) is 108 cm³/mol. The van der Waals surface area contributed by atoms with Gasteiger partial charge in [-0.2, -0.15) is 0 Å². The van der Waals surface area contributed by atoms with Gasteiger partial charge in [-0.05, 0) is 43.5 Å². The summed E-state index contributed by atoms with van der Waals surface area (Å²) in [5.74, 6) is 1.31. The van der Waals surface area contributed by atoms with Crippen LogP contribution >= 0.6 is 0 Å². The lowest BCUT2D eigenvalue weighted by atomic mass is 10.00. The van der Waals surface area contributed by atoms with E-state index < -0.39 is 0 Å². The quantitative estimate of drug-likeness (QED) is 0.451. The summed E-state index contributed by atoms with van der Waals surface area (Å²) in [5, 5.41) is 0. The molecular formula is C22H29NO4. The van der Waals surface area contributed by atoms with E-state index in [4.69, 9.17) is 19.9 Å².